The Morgan fingerprint density at radius 1 is 1.11 bits per heavy atom. The van der Waals surface area contributed by atoms with Crippen molar-refractivity contribution in [3.8, 4) is 5.75 Å². The first-order chi connectivity index (χ1) is 21.1. The van der Waals surface area contributed by atoms with Crippen molar-refractivity contribution in [2.75, 3.05) is 52.3 Å². The van der Waals surface area contributed by atoms with Crippen LogP contribution in [0.2, 0.25) is 0 Å². The fourth-order valence-corrected chi connectivity index (χ4v) is 5.73. The molecule has 44 heavy (non-hydrogen) atoms. The molecule has 1 fully saturated rings. The molecule has 2 aromatic rings. The average Bonchev–Trinajstić information content (AvgIpc) is 3.53. The maximum Gasteiger partial charge on any atom is 0.325 e. The van der Waals surface area contributed by atoms with Crippen molar-refractivity contribution in [3.63, 3.8) is 0 Å². The Morgan fingerprint density at radius 2 is 1.86 bits per heavy atom. The van der Waals surface area contributed by atoms with Gasteiger partial charge in [0, 0.05) is 24.9 Å². The molecule has 3 N–H and O–H groups in total. The number of fused-ring (bicyclic) bond motifs is 1. The number of pyridine rings is 1. The minimum Gasteiger partial charge on any atom is -0.493 e. The minimum absolute atomic E-state index is 0.0147. The molecule has 0 amide bonds. The van der Waals surface area contributed by atoms with Crippen molar-refractivity contribution < 1.29 is 23.8 Å². The van der Waals surface area contributed by atoms with Crippen LogP contribution in [0, 0.1) is 5.82 Å². The monoisotopic (exact) mass is 614 g/mol. The number of benzene rings is 1. The number of unbranched alkanes of at least 4 members (excludes halogenated alkanes) is 2. The largest absolute Gasteiger partial charge is 0.493 e. The molecule has 1 aromatic carbocycles. The van der Waals surface area contributed by atoms with Crippen molar-refractivity contribution in [1.82, 2.24) is 15.2 Å². The molecule has 1 atom stereocenters. The van der Waals surface area contributed by atoms with Gasteiger partial charge in [0.05, 0.1) is 12.7 Å². The molecule has 4 rings (SSSR count). The summed E-state index contributed by atoms with van der Waals surface area (Å²) in [5.74, 6) is -0.174. The number of carboxylic acids is 1. The number of likely N-dealkylation sites (tertiary alicyclic amines) is 1. The van der Waals surface area contributed by atoms with E-state index in [4.69, 9.17) is 14.5 Å². The number of nitrogens with zero attached hydrogens (tertiary/aromatic N) is 2. The Kier molecular flexibility index (Phi) is 14.3. The summed E-state index contributed by atoms with van der Waals surface area (Å²) in [6, 6.07) is 6.80. The number of aryl methyl sites for hydroxylation is 2. The van der Waals surface area contributed by atoms with Gasteiger partial charge in [-0.2, -0.15) is 0 Å². The number of ether oxygens (including phenoxy) is 2. The zero-order valence-electron chi connectivity index (χ0n) is 27.8. The fraction of sp³-hybridized carbons (Fsp3) is 0.657. The second-order valence-corrected chi connectivity index (χ2v) is 12.9. The first kappa shape index (κ1) is 35.7. The molecule has 1 saturated heterocycles. The Labute approximate surface area is 264 Å². The molecule has 2 aliphatic rings. The number of halogens is 1. The number of aliphatic carboxylic acids is 1. The van der Waals surface area contributed by atoms with Crippen LogP contribution in [0.15, 0.2) is 24.3 Å². The number of carboxylic acid groups (broad SMARTS) is 1. The number of hydrogen-bond acceptors (Lipinski definition) is 7. The highest BCUT2D eigenvalue weighted by Crippen LogP contribution is 2.36. The van der Waals surface area contributed by atoms with Crippen molar-refractivity contribution in [3.05, 3.63) is 52.5 Å². The van der Waals surface area contributed by atoms with Gasteiger partial charge in [-0.25, -0.2) is 9.37 Å². The Balaban J connectivity index is 0.000000241. The van der Waals surface area contributed by atoms with Gasteiger partial charge < -0.3 is 25.2 Å². The predicted molar refractivity (Wildman–Crippen MR) is 175 cm³/mol. The summed E-state index contributed by atoms with van der Waals surface area (Å²) in [6.45, 7) is 12.8. The van der Waals surface area contributed by atoms with Gasteiger partial charge in [0.1, 0.15) is 11.9 Å². The molecule has 0 aliphatic carbocycles. The van der Waals surface area contributed by atoms with Crippen LogP contribution in [-0.2, 0) is 22.4 Å². The second kappa shape index (κ2) is 17.7. The third-order valence-corrected chi connectivity index (χ3v) is 8.69. The second-order valence-electron chi connectivity index (χ2n) is 12.9. The number of methoxy groups -OCH3 is 2. The summed E-state index contributed by atoms with van der Waals surface area (Å²) >= 11 is 0. The van der Waals surface area contributed by atoms with Gasteiger partial charge in [-0.05, 0) is 127 Å². The molecular formula is C35H55FN4O4. The molecular weight excluding hydrogens is 559 g/mol. The van der Waals surface area contributed by atoms with Crippen molar-refractivity contribution in [2.24, 2.45) is 0 Å². The molecule has 9 heteroatoms. The first-order valence-corrected chi connectivity index (χ1v) is 16.4. The maximum absolute atomic E-state index is 14.2. The maximum atomic E-state index is 14.2. The van der Waals surface area contributed by atoms with E-state index in [1.807, 2.05) is 18.7 Å². The topological polar surface area (TPSA) is 95.9 Å². The van der Waals surface area contributed by atoms with Crippen LogP contribution < -0.4 is 15.4 Å². The highest BCUT2D eigenvalue weighted by Gasteiger charge is 2.33. The molecule has 3 heterocycles. The normalized spacial score (nSPS) is 15.7. The van der Waals surface area contributed by atoms with E-state index in [1.54, 1.807) is 13.2 Å². The lowest BCUT2D eigenvalue weighted by Crippen LogP contribution is -2.32. The van der Waals surface area contributed by atoms with Crippen LogP contribution in [-0.4, -0.2) is 73.5 Å². The van der Waals surface area contributed by atoms with Crippen LogP contribution in [0.25, 0.3) is 0 Å². The number of carbonyl (C=O) groups is 1. The van der Waals surface area contributed by atoms with Gasteiger partial charge >= 0.3 is 5.97 Å². The van der Waals surface area contributed by atoms with Gasteiger partial charge in [0.25, 0.3) is 0 Å². The predicted octanol–water partition coefficient (Wildman–Crippen LogP) is 6.74. The highest BCUT2D eigenvalue weighted by atomic mass is 19.1. The van der Waals surface area contributed by atoms with Crippen LogP contribution in [0.5, 0.6) is 5.75 Å². The number of hydrogen-bond donors (Lipinski definition) is 3. The minimum atomic E-state index is -0.962. The lowest BCUT2D eigenvalue weighted by atomic mass is 9.95. The molecule has 246 valence electrons. The molecule has 0 bridgehead atoms. The molecule has 0 radical (unpaired) electrons. The molecule has 0 saturated carbocycles. The third-order valence-electron chi connectivity index (χ3n) is 8.69. The summed E-state index contributed by atoms with van der Waals surface area (Å²) in [5.41, 5.74) is 3.79. The van der Waals surface area contributed by atoms with E-state index in [1.165, 1.54) is 56.5 Å². The summed E-state index contributed by atoms with van der Waals surface area (Å²) in [4.78, 5) is 18.4. The summed E-state index contributed by atoms with van der Waals surface area (Å²) in [7, 11) is 3.16. The number of nitrogens with one attached hydrogen (secondary N) is 2. The fourth-order valence-electron chi connectivity index (χ4n) is 5.73. The van der Waals surface area contributed by atoms with E-state index in [0.717, 1.165) is 56.7 Å². The van der Waals surface area contributed by atoms with Gasteiger partial charge in [0.2, 0.25) is 0 Å². The molecule has 2 aliphatic heterocycles. The van der Waals surface area contributed by atoms with E-state index < -0.39 is 17.8 Å². The van der Waals surface area contributed by atoms with E-state index >= 15 is 0 Å². The lowest BCUT2D eigenvalue weighted by molar-refractivity contribution is -0.143. The first-order valence-electron chi connectivity index (χ1n) is 16.4. The van der Waals surface area contributed by atoms with Crippen LogP contribution in [0.1, 0.15) is 107 Å². The number of rotatable bonds is 15. The van der Waals surface area contributed by atoms with Crippen molar-refractivity contribution in [1.29, 1.82) is 0 Å². The zero-order chi connectivity index (χ0) is 32.1. The van der Waals surface area contributed by atoms with Crippen molar-refractivity contribution >= 4 is 11.8 Å². The van der Waals surface area contributed by atoms with E-state index in [0.29, 0.717) is 18.7 Å². The smallest absolute Gasteiger partial charge is 0.325 e. The lowest BCUT2D eigenvalue weighted by Gasteiger charge is -2.26. The van der Waals surface area contributed by atoms with Gasteiger partial charge in [-0.15, -0.1) is 0 Å². The van der Waals surface area contributed by atoms with E-state index in [-0.39, 0.29) is 17.3 Å². The zero-order valence-corrected chi connectivity index (χ0v) is 27.8. The Bertz CT molecular complexity index is 1180. The quantitative estimate of drug-likeness (QED) is 0.190. The molecule has 1 unspecified atom stereocenters. The van der Waals surface area contributed by atoms with Crippen LogP contribution >= 0.6 is 0 Å². The van der Waals surface area contributed by atoms with Crippen LogP contribution in [0.3, 0.4) is 0 Å². The molecule has 0 spiro atoms. The highest BCUT2D eigenvalue weighted by molar-refractivity contribution is 5.77. The van der Waals surface area contributed by atoms with Gasteiger partial charge in [-0.3, -0.25) is 9.69 Å². The van der Waals surface area contributed by atoms with E-state index in [9.17, 15) is 14.3 Å². The number of anilines is 1. The van der Waals surface area contributed by atoms with Gasteiger partial charge in [0.15, 0.2) is 11.6 Å². The number of aromatic nitrogens is 1. The molecule has 8 nitrogen and oxygen atoms in total. The molecule has 1 aromatic heterocycles. The standard InChI is InChI=1S/C19H33N3O.C16H22FNO3/c1-19(2,23-3)12-15-20-13-6-4-5-9-17-11-10-16-8-7-14-21-18(16)22-17;1-10(2)11-8-12(15(21-3)13(17)9-11)14(16(19)20)18-6-4-5-7-18/h10-11,20H,4-9,12-15H2,1-3H3,(H,21,22);8-10,14H,4-7H2,1-3H3,(H,19,20). The average molecular weight is 615 g/mol. The third kappa shape index (κ3) is 10.7. The summed E-state index contributed by atoms with van der Waals surface area (Å²) < 4.78 is 24.8. The van der Waals surface area contributed by atoms with Crippen LogP contribution in [0.4, 0.5) is 10.2 Å². The van der Waals surface area contributed by atoms with E-state index in [2.05, 4.69) is 36.6 Å². The Hall–Kier alpha value is -2.75. The summed E-state index contributed by atoms with van der Waals surface area (Å²) in [5, 5.41) is 16.5. The summed E-state index contributed by atoms with van der Waals surface area (Å²) in [6.07, 6.45) is 10.2. The SMILES string of the molecule is COC(C)(C)CCNCCCCCc1ccc2c(n1)NCCC2.COc1c(F)cc(C(C)C)cc1C(C(=O)O)N1CCCC1. The Morgan fingerprint density at radius 3 is 2.52 bits per heavy atom. The van der Waals surface area contributed by atoms with Crippen molar-refractivity contribution in [2.45, 2.75) is 103 Å². The van der Waals surface area contributed by atoms with Gasteiger partial charge in [-0.1, -0.05) is 26.3 Å².